The molecule has 0 spiro atoms. The van der Waals surface area contributed by atoms with Crippen molar-refractivity contribution in [3.8, 4) is 5.75 Å². The van der Waals surface area contributed by atoms with Gasteiger partial charge in [0.2, 0.25) is 34.8 Å². The second kappa shape index (κ2) is 11.1. The zero-order chi connectivity index (χ0) is 26.7. The van der Waals surface area contributed by atoms with Crippen LogP contribution < -0.4 is 9.64 Å². The summed E-state index contributed by atoms with van der Waals surface area (Å²) in [7, 11) is 0. The predicted molar refractivity (Wildman–Crippen MR) is 131 cm³/mol. The van der Waals surface area contributed by atoms with E-state index >= 15 is 0 Å². The molecule has 0 aliphatic carbocycles. The minimum Gasteiger partial charge on any atom is -0.416 e. The number of hydrogen-bond acceptors (Lipinski definition) is 4. The third kappa shape index (κ3) is 5.51. The van der Waals surface area contributed by atoms with Gasteiger partial charge < -0.3 is 9.64 Å². The number of hydrogen-bond donors (Lipinski definition) is 0. The lowest BCUT2D eigenvalue weighted by molar-refractivity contribution is 0.0716. The number of halogens is 5. The van der Waals surface area contributed by atoms with Gasteiger partial charge in [-0.15, -0.1) is 0 Å². The van der Waals surface area contributed by atoms with Gasteiger partial charge in [-0.25, -0.2) is 18.0 Å². The molecular formula is C28H25F5N2O2. The molecule has 4 rings (SSSR count). The van der Waals surface area contributed by atoms with Gasteiger partial charge >= 0.3 is 5.97 Å². The van der Waals surface area contributed by atoms with Gasteiger partial charge in [-0.3, -0.25) is 4.90 Å². The molecule has 0 unspecified atom stereocenters. The second-order valence-corrected chi connectivity index (χ2v) is 8.81. The molecule has 1 saturated heterocycles. The highest BCUT2D eigenvalue weighted by Gasteiger charge is 2.29. The van der Waals surface area contributed by atoms with Gasteiger partial charge in [0.1, 0.15) is 0 Å². The Morgan fingerprint density at radius 2 is 1.59 bits per heavy atom. The molecule has 0 amide bonds. The Morgan fingerprint density at radius 3 is 2.22 bits per heavy atom. The summed E-state index contributed by atoms with van der Waals surface area (Å²) in [6.07, 6.45) is 3.54. The van der Waals surface area contributed by atoms with Gasteiger partial charge in [-0.2, -0.15) is 8.78 Å². The number of allylic oxidation sites excluding steroid dienone is 1. The second-order valence-electron chi connectivity index (χ2n) is 8.81. The van der Waals surface area contributed by atoms with Crippen molar-refractivity contribution in [2.45, 2.75) is 26.4 Å². The lowest BCUT2D eigenvalue weighted by atomic mass is 10.0. The summed E-state index contributed by atoms with van der Waals surface area (Å²) >= 11 is 0. The van der Waals surface area contributed by atoms with Crippen molar-refractivity contribution in [3.05, 3.63) is 100 Å². The fraction of sp³-hybridized carbons (Fsp3) is 0.250. The highest BCUT2D eigenvalue weighted by atomic mass is 19.2. The van der Waals surface area contributed by atoms with Crippen LogP contribution in [0.15, 0.2) is 54.6 Å². The van der Waals surface area contributed by atoms with Crippen LogP contribution in [0.2, 0.25) is 0 Å². The zero-order valence-corrected chi connectivity index (χ0v) is 20.3. The molecule has 0 bridgehead atoms. The molecule has 0 N–H and O–H groups in total. The highest BCUT2D eigenvalue weighted by Crippen LogP contribution is 2.31. The van der Waals surface area contributed by atoms with Crippen molar-refractivity contribution in [1.29, 1.82) is 0 Å². The summed E-state index contributed by atoms with van der Waals surface area (Å²) in [5.41, 5.74) is 2.63. The summed E-state index contributed by atoms with van der Waals surface area (Å²) in [6, 6.07) is 15.0. The van der Waals surface area contributed by atoms with Crippen molar-refractivity contribution in [2.24, 2.45) is 0 Å². The van der Waals surface area contributed by atoms with Crippen LogP contribution >= 0.6 is 0 Å². The summed E-state index contributed by atoms with van der Waals surface area (Å²) in [4.78, 5) is 17.2. The van der Waals surface area contributed by atoms with Crippen LogP contribution in [0.1, 0.15) is 35.3 Å². The van der Waals surface area contributed by atoms with Crippen LogP contribution in [0.3, 0.4) is 0 Å². The largest absolute Gasteiger partial charge is 0.416 e. The number of carbonyl (C=O) groups excluding carboxylic acids is 1. The van der Waals surface area contributed by atoms with E-state index in [4.69, 9.17) is 0 Å². The molecule has 1 fully saturated rings. The normalized spacial score (nSPS) is 16.4. The lowest BCUT2D eigenvalue weighted by Gasteiger charge is -2.41. The molecule has 1 aliphatic rings. The van der Waals surface area contributed by atoms with Crippen molar-refractivity contribution in [1.82, 2.24) is 4.90 Å². The summed E-state index contributed by atoms with van der Waals surface area (Å²) < 4.78 is 72.8. The smallest absolute Gasteiger partial charge is 0.343 e. The zero-order valence-electron chi connectivity index (χ0n) is 20.3. The Labute approximate surface area is 211 Å². The van der Waals surface area contributed by atoms with Gasteiger partial charge in [0.05, 0.1) is 5.56 Å². The van der Waals surface area contributed by atoms with Gasteiger partial charge in [0.25, 0.3) is 0 Å². The monoisotopic (exact) mass is 516 g/mol. The average molecular weight is 517 g/mol. The maximum Gasteiger partial charge on any atom is 0.343 e. The summed E-state index contributed by atoms with van der Waals surface area (Å²) in [6.45, 7) is 7.04. The van der Waals surface area contributed by atoms with Crippen molar-refractivity contribution < 1.29 is 31.5 Å². The first kappa shape index (κ1) is 26.3. The fourth-order valence-electron chi connectivity index (χ4n) is 4.38. The first-order chi connectivity index (χ1) is 17.7. The quantitative estimate of drug-likeness (QED) is 0.126. The molecule has 0 radical (unpaired) electrons. The van der Waals surface area contributed by atoms with E-state index in [9.17, 15) is 26.7 Å². The molecule has 3 aromatic carbocycles. The van der Waals surface area contributed by atoms with Crippen LogP contribution in [0.4, 0.5) is 27.6 Å². The first-order valence-corrected chi connectivity index (χ1v) is 11.7. The molecular weight excluding hydrogens is 491 g/mol. The number of piperazine rings is 1. The van der Waals surface area contributed by atoms with Gasteiger partial charge in [-0.05, 0) is 43.2 Å². The van der Waals surface area contributed by atoms with Crippen LogP contribution in [0.5, 0.6) is 5.75 Å². The number of esters is 1. The van der Waals surface area contributed by atoms with Gasteiger partial charge in [-0.1, -0.05) is 42.5 Å². The summed E-state index contributed by atoms with van der Waals surface area (Å²) in [5.74, 6) is -14.0. The van der Waals surface area contributed by atoms with Crippen LogP contribution in [0, 0.1) is 29.1 Å². The molecule has 3 aromatic rings. The first-order valence-electron chi connectivity index (χ1n) is 11.7. The van der Waals surface area contributed by atoms with E-state index in [1.54, 1.807) is 25.1 Å². The SMILES string of the molecule is CC=Cc1cc(C(=O)Oc2c(F)c(F)c(F)c(F)c2F)ccc1N1CCN(Cc2ccccc2)[C@H](C)C1. The Bertz CT molecular complexity index is 1300. The third-order valence-corrected chi connectivity index (χ3v) is 6.31. The van der Waals surface area contributed by atoms with Crippen LogP contribution in [0.25, 0.3) is 6.08 Å². The molecule has 1 heterocycles. The Hall–Kier alpha value is -3.72. The standard InChI is InChI=1S/C28H25F5N2O2/c1-3-7-19-14-20(28(36)37-27-25(32)23(30)22(29)24(31)26(27)33)10-11-21(19)35-13-12-34(17(2)15-35)16-18-8-5-4-6-9-18/h3-11,14,17H,12-13,15-16H2,1-2H3/t17-/m1/s1. The summed E-state index contributed by atoms with van der Waals surface area (Å²) in [5, 5.41) is 0. The van der Waals surface area contributed by atoms with E-state index in [1.807, 2.05) is 18.2 Å². The molecule has 1 atom stereocenters. The van der Waals surface area contributed by atoms with Crippen LogP contribution in [-0.4, -0.2) is 36.5 Å². The predicted octanol–water partition coefficient (Wildman–Crippen LogP) is 6.35. The van der Waals surface area contributed by atoms with Gasteiger partial charge in [0, 0.05) is 37.9 Å². The Balaban J connectivity index is 1.53. The molecule has 194 valence electrons. The third-order valence-electron chi connectivity index (χ3n) is 6.31. The number of benzene rings is 3. The molecule has 4 nitrogen and oxygen atoms in total. The molecule has 0 saturated carbocycles. The number of ether oxygens (including phenoxy) is 1. The number of rotatable bonds is 6. The average Bonchev–Trinajstić information content (AvgIpc) is 2.90. The number of nitrogens with zero attached hydrogens (tertiary/aromatic N) is 2. The Kier molecular flexibility index (Phi) is 7.92. The van der Waals surface area contributed by atoms with Crippen molar-refractivity contribution >= 4 is 17.7 Å². The maximum atomic E-state index is 14.0. The highest BCUT2D eigenvalue weighted by molar-refractivity contribution is 5.93. The van der Waals surface area contributed by atoms with E-state index in [1.165, 1.54) is 17.7 Å². The van der Waals surface area contributed by atoms with E-state index < -0.39 is 40.8 Å². The van der Waals surface area contributed by atoms with E-state index in [0.717, 1.165) is 31.9 Å². The minimum absolute atomic E-state index is 0.100. The maximum absolute atomic E-state index is 14.0. The number of carbonyl (C=O) groups is 1. The molecule has 37 heavy (non-hydrogen) atoms. The molecule has 9 heteroatoms. The molecule has 0 aromatic heterocycles. The van der Waals surface area contributed by atoms with Crippen molar-refractivity contribution in [3.63, 3.8) is 0 Å². The number of anilines is 1. The molecule has 1 aliphatic heterocycles. The minimum atomic E-state index is -2.33. The van der Waals surface area contributed by atoms with E-state index in [0.29, 0.717) is 5.56 Å². The topological polar surface area (TPSA) is 32.8 Å². The Morgan fingerprint density at radius 1 is 0.946 bits per heavy atom. The lowest BCUT2D eigenvalue weighted by Crippen LogP contribution is -2.51. The van der Waals surface area contributed by atoms with Crippen molar-refractivity contribution in [2.75, 3.05) is 24.5 Å². The fourth-order valence-corrected chi connectivity index (χ4v) is 4.38. The van der Waals surface area contributed by atoms with E-state index in [-0.39, 0.29) is 11.6 Å². The van der Waals surface area contributed by atoms with E-state index in [2.05, 4.69) is 33.6 Å². The van der Waals surface area contributed by atoms with Gasteiger partial charge in [0.15, 0.2) is 0 Å². The van der Waals surface area contributed by atoms with Crippen LogP contribution in [-0.2, 0) is 6.54 Å².